The van der Waals surface area contributed by atoms with Crippen molar-refractivity contribution in [1.29, 1.82) is 0 Å². The largest absolute Gasteiger partial charge is 0.398 e. The molecule has 0 saturated carbocycles. The Morgan fingerprint density at radius 1 is 1.14 bits per heavy atom. The highest BCUT2D eigenvalue weighted by atomic mass is 32.2. The van der Waals surface area contributed by atoms with Crippen molar-refractivity contribution in [3.63, 3.8) is 0 Å². The average Bonchev–Trinajstić information content (AvgIpc) is 2.39. The molecule has 0 radical (unpaired) electrons. The van der Waals surface area contributed by atoms with E-state index < -0.39 is 10.0 Å². The molecule has 2 rings (SSSR count). The van der Waals surface area contributed by atoms with Crippen molar-refractivity contribution in [2.24, 2.45) is 0 Å². The number of rotatable bonds is 2. The maximum absolute atomic E-state index is 13.0. The molecule has 1 fully saturated rings. The SMILES string of the molecule is Cc1cc(N)c(C)c(S(=O)(=O)N2CC(C)N(C)C(C)C2)c1. The van der Waals surface area contributed by atoms with Crippen molar-refractivity contribution >= 4 is 15.7 Å². The lowest BCUT2D eigenvalue weighted by Crippen LogP contribution is -2.56. The molecule has 1 aliphatic rings. The van der Waals surface area contributed by atoms with E-state index in [0.29, 0.717) is 29.2 Å². The van der Waals surface area contributed by atoms with Crippen LogP contribution in [0.3, 0.4) is 0 Å². The van der Waals surface area contributed by atoms with Gasteiger partial charge in [0, 0.05) is 30.9 Å². The van der Waals surface area contributed by atoms with Crippen molar-refractivity contribution in [1.82, 2.24) is 9.21 Å². The molecule has 0 spiro atoms. The topological polar surface area (TPSA) is 66.6 Å². The molecule has 2 unspecified atom stereocenters. The van der Waals surface area contributed by atoms with Gasteiger partial charge in [-0.05, 0) is 58.0 Å². The van der Waals surface area contributed by atoms with Gasteiger partial charge in [-0.15, -0.1) is 0 Å². The van der Waals surface area contributed by atoms with Crippen molar-refractivity contribution in [2.45, 2.75) is 44.7 Å². The van der Waals surface area contributed by atoms with Gasteiger partial charge in [0.05, 0.1) is 4.90 Å². The zero-order chi connectivity index (χ0) is 15.9. The standard InChI is InChI=1S/C15H25N3O2S/c1-10-6-14(16)13(4)15(7-10)21(19,20)18-8-11(2)17(5)12(3)9-18/h6-7,11-12H,8-9,16H2,1-5H3. The first kappa shape index (κ1) is 16.3. The Morgan fingerprint density at radius 2 is 1.67 bits per heavy atom. The number of hydrogen-bond donors (Lipinski definition) is 1. The molecular formula is C15H25N3O2S. The molecule has 0 aromatic heterocycles. The third-order valence-electron chi connectivity index (χ3n) is 4.49. The van der Waals surface area contributed by atoms with Crippen LogP contribution in [-0.2, 0) is 10.0 Å². The van der Waals surface area contributed by atoms with Crippen LogP contribution in [0.4, 0.5) is 5.69 Å². The van der Waals surface area contributed by atoms with E-state index in [-0.39, 0.29) is 12.1 Å². The summed E-state index contributed by atoms with van der Waals surface area (Å²) in [7, 11) is -1.46. The molecule has 1 aromatic rings. The maximum Gasteiger partial charge on any atom is 0.243 e. The Bertz CT molecular complexity index is 631. The Morgan fingerprint density at radius 3 is 2.19 bits per heavy atom. The molecule has 5 nitrogen and oxygen atoms in total. The van der Waals surface area contributed by atoms with Crippen LogP contribution in [-0.4, -0.2) is 49.8 Å². The van der Waals surface area contributed by atoms with Gasteiger partial charge in [0.2, 0.25) is 10.0 Å². The van der Waals surface area contributed by atoms with E-state index in [2.05, 4.69) is 18.7 Å². The molecule has 21 heavy (non-hydrogen) atoms. The van der Waals surface area contributed by atoms with Crippen molar-refractivity contribution < 1.29 is 8.42 Å². The second-order valence-electron chi connectivity index (χ2n) is 6.16. The van der Waals surface area contributed by atoms with Gasteiger partial charge in [-0.2, -0.15) is 4.31 Å². The predicted molar refractivity (Wildman–Crippen MR) is 85.8 cm³/mol. The van der Waals surface area contributed by atoms with Gasteiger partial charge in [0.1, 0.15) is 0 Å². The van der Waals surface area contributed by atoms with Crippen LogP contribution < -0.4 is 5.73 Å². The van der Waals surface area contributed by atoms with E-state index >= 15 is 0 Å². The highest BCUT2D eigenvalue weighted by Crippen LogP contribution is 2.28. The molecule has 2 N–H and O–H groups in total. The van der Waals surface area contributed by atoms with Gasteiger partial charge in [0.15, 0.2) is 0 Å². The first-order valence-corrected chi connectivity index (χ1v) is 8.67. The summed E-state index contributed by atoms with van der Waals surface area (Å²) in [6, 6.07) is 3.93. The van der Waals surface area contributed by atoms with Crippen LogP contribution in [0.5, 0.6) is 0 Å². The fourth-order valence-corrected chi connectivity index (χ4v) is 4.75. The van der Waals surface area contributed by atoms with Gasteiger partial charge in [-0.1, -0.05) is 0 Å². The van der Waals surface area contributed by atoms with E-state index in [4.69, 9.17) is 5.73 Å². The number of aryl methyl sites for hydroxylation is 1. The number of benzene rings is 1. The summed E-state index contributed by atoms with van der Waals surface area (Å²) in [4.78, 5) is 2.55. The number of sulfonamides is 1. The van der Waals surface area contributed by atoms with Gasteiger partial charge >= 0.3 is 0 Å². The van der Waals surface area contributed by atoms with E-state index in [1.54, 1.807) is 17.3 Å². The van der Waals surface area contributed by atoms with E-state index in [9.17, 15) is 8.42 Å². The van der Waals surface area contributed by atoms with Crippen molar-refractivity contribution in [2.75, 3.05) is 25.9 Å². The molecule has 1 aromatic carbocycles. The zero-order valence-electron chi connectivity index (χ0n) is 13.4. The Labute approximate surface area is 127 Å². The van der Waals surface area contributed by atoms with Crippen LogP contribution in [0.15, 0.2) is 17.0 Å². The second-order valence-corrected chi connectivity index (χ2v) is 8.07. The monoisotopic (exact) mass is 311 g/mol. The van der Waals surface area contributed by atoms with Gasteiger partial charge in [-0.3, -0.25) is 4.90 Å². The molecule has 118 valence electrons. The fraction of sp³-hybridized carbons (Fsp3) is 0.600. The Hall–Kier alpha value is -1.11. The minimum Gasteiger partial charge on any atom is -0.398 e. The van der Waals surface area contributed by atoms with Crippen LogP contribution in [0.25, 0.3) is 0 Å². The highest BCUT2D eigenvalue weighted by Gasteiger charge is 2.35. The van der Waals surface area contributed by atoms with Crippen molar-refractivity contribution in [3.8, 4) is 0 Å². The number of anilines is 1. The smallest absolute Gasteiger partial charge is 0.243 e. The lowest BCUT2D eigenvalue weighted by atomic mass is 10.1. The highest BCUT2D eigenvalue weighted by molar-refractivity contribution is 7.89. The normalized spacial score (nSPS) is 25.2. The second kappa shape index (κ2) is 5.59. The lowest BCUT2D eigenvalue weighted by Gasteiger charge is -2.41. The van der Waals surface area contributed by atoms with Crippen LogP contribution in [0, 0.1) is 13.8 Å². The van der Waals surface area contributed by atoms with Crippen LogP contribution in [0.1, 0.15) is 25.0 Å². The molecular weight excluding hydrogens is 286 g/mol. The molecule has 0 aliphatic carbocycles. The molecule has 1 heterocycles. The average molecular weight is 311 g/mol. The van der Waals surface area contributed by atoms with Crippen LogP contribution in [0.2, 0.25) is 0 Å². The quantitative estimate of drug-likeness (QED) is 0.843. The first-order chi connectivity index (χ1) is 9.64. The summed E-state index contributed by atoms with van der Waals surface area (Å²) in [6.45, 7) is 8.76. The van der Waals surface area contributed by atoms with Gasteiger partial charge in [-0.25, -0.2) is 8.42 Å². The van der Waals surface area contributed by atoms with E-state index in [1.165, 1.54) is 0 Å². The molecule has 0 amide bonds. The van der Waals surface area contributed by atoms with E-state index in [0.717, 1.165) is 5.56 Å². The van der Waals surface area contributed by atoms with Crippen molar-refractivity contribution in [3.05, 3.63) is 23.3 Å². The summed E-state index contributed by atoms with van der Waals surface area (Å²) in [5.74, 6) is 0. The Kier molecular flexibility index (Phi) is 4.33. The molecule has 6 heteroatoms. The van der Waals surface area contributed by atoms with Gasteiger partial charge in [0.25, 0.3) is 0 Å². The summed E-state index contributed by atoms with van der Waals surface area (Å²) in [5, 5.41) is 0. The number of nitrogens with two attached hydrogens (primary N) is 1. The summed E-state index contributed by atoms with van der Waals surface area (Å²) >= 11 is 0. The summed E-state index contributed by atoms with van der Waals surface area (Å²) in [5.41, 5.74) is 7.97. The molecule has 1 saturated heterocycles. The van der Waals surface area contributed by atoms with Gasteiger partial charge < -0.3 is 5.73 Å². The number of piperazine rings is 1. The maximum atomic E-state index is 13.0. The fourth-order valence-electron chi connectivity index (χ4n) is 2.81. The molecule has 1 aliphatic heterocycles. The lowest BCUT2D eigenvalue weighted by molar-refractivity contribution is 0.105. The predicted octanol–water partition coefficient (Wildman–Crippen LogP) is 1.60. The molecule has 2 atom stereocenters. The third kappa shape index (κ3) is 2.93. The summed E-state index contributed by atoms with van der Waals surface area (Å²) < 4.78 is 27.5. The minimum absolute atomic E-state index is 0.200. The molecule has 0 bridgehead atoms. The minimum atomic E-state index is -3.50. The zero-order valence-corrected chi connectivity index (χ0v) is 14.2. The Balaban J connectivity index is 2.44. The number of nitrogen functional groups attached to an aromatic ring is 1. The number of likely N-dealkylation sites (N-methyl/N-ethyl adjacent to an activating group) is 1. The van der Waals surface area contributed by atoms with E-state index in [1.807, 2.05) is 20.0 Å². The number of hydrogen-bond acceptors (Lipinski definition) is 4. The third-order valence-corrected chi connectivity index (χ3v) is 6.45. The number of nitrogens with zero attached hydrogens (tertiary/aromatic N) is 2. The summed E-state index contributed by atoms with van der Waals surface area (Å²) in [6.07, 6.45) is 0. The van der Waals surface area contributed by atoms with Crippen LogP contribution >= 0.6 is 0 Å². The first-order valence-electron chi connectivity index (χ1n) is 7.23.